The standard InChI is InChI=1S/C25H30Cl2N8O5S.3ClH/c26-17-7-3-15(4-8-17)13-35-25(39)34(24(41-35)33-21(37)16-5-9-18(27)10-6-16)14-40-20(36)12-32-22(38)19(28)2-1-11-31-23(29)30;;;/h3-10,19,24H,1-2,11-14,28H2,(H,32,38)(H,33,37)(H4,29,30,31);3*1H/t19-,24?;;;/m0.../s1. The molecule has 44 heavy (non-hydrogen) atoms. The molecule has 1 unspecified atom stereocenters. The number of carbonyl (C=O) groups is 4. The van der Waals surface area contributed by atoms with Gasteiger partial charge in [-0.1, -0.05) is 35.3 Å². The van der Waals surface area contributed by atoms with Gasteiger partial charge in [-0.15, -0.1) is 37.2 Å². The van der Waals surface area contributed by atoms with Crippen LogP contribution in [0.15, 0.2) is 53.5 Å². The minimum Gasteiger partial charge on any atom is -0.443 e. The van der Waals surface area contributed by atoms with Gasteiger partial charge in [0.05, 0.1) is 12.6 Å². The van der Waals surface area contributed by atoms with Crippen LogP contribution in [-0.4, -0.2) is 70.3 Å². The lowest BCUT2D eigenvalue weighted by molar-refractivity contribution is -0.147. The molecule has 1 saturated heterocycles. The van der Waals surface area contributed by atoms with Crippen molar-refractivity contribution in [3.8, 4) is 0 Å². The van der Waals surface area contributed by atoms with E-state index in [-0.39, 0.29) is 49.7 Å². The average Bonchev–Trinajstić information content (AvgIpc) is 3.22. The number of benzene rings is 2. The molecule has 0 aliphatic carbocycles. The smallest absolute Gasteiger partial charge is 0.335 e. The zero-order valence-electron chi connectivity index (χ0n) is 23.0. The van der Waals surface area contributed by atoms with E-state index >= 15 is 0 Å². The molecule has 0 bridgehead atoms. The van der Waals surface area contributed by atoms with Gasteiger partial charge in [-0.3, -0.25) is 28.6 Å². The first-order valence-corrected chi connectivity index (χ1v) is 13.9. The second-order valence-corrected chi connectivity index (χ2v) is 10.7. The van der Waals surface area contributed by atoms with Crippen LogP contribution in [0, 0.1) is 0 Å². The number of carbonyl (C=O) groups excluding carboxylic acids is 4. The molecule has 0 radical (unpaired) electrons. The van der Waals surface area contributed by atoms with Gasteiger partial charge in [0, 0.05) is 34.1 Å². The van der Waals surface area contributed by atoms with E-state index in [4.69, 9.17) is 45.1 Å². The van der Waals surface area contributed by atoms with E-state index in [0.29, 0.717) is 35.0 Å². The van der Waals surface area contributed by atoms with E-state index in [2.05, 4.69) is 15.6 Å². The monoisotopic (exact) mass is 732 g/mol. The molecule has 4 amide bonds. The van der Waals surface area contributed by atoms with Crippen LogP contribution in [-0.2, 0) is 20.9 Å². The summed E-state index contributed by atoms with van der Waals surface area (Å²) < 4.78 is 6.66. The Morgan fingerprint density at radius 1 is 1.00 bits per heavy atom. The van der Waals surface area contributed by atoms with E-state index in [0.717, 1.165) is 17.5 Å². The summed E-state index contributed by atoms with van der Waals surface area (Å²) in [6, 6.07) is 11.8. The number of aliphatic imine (C=N–C) groups is 1. The first-order valence-electron chi connectivity index (χ1n) is 12.3. The number of nitrogens with two attached hydrogens (primary N) is 3. The number of ether oxygens (including phenoxy) is 1. The van der Waals surface area contributed by atoms with Gasteiger partial charge < -0.3 is 32.6 Å². The molecule has 13 nitrogen and oxygen atoms in total. The number of esters is 1. The number of rotatable bonds is 13. The Bertz CT molecular complexity index is 1270. The van der Waals surface area contributed by atoms with E-state index < -0.39 is 48.6 Å². The third-order valence-electron chi connectivity index (χ3n) is 5.65. The molecule has 1 heterocycles. The van der Waals surface area contributed by atoms with Crippen molar-refractivity contribution < 1.29 is 23.9 Å². The van der Waals surface area contributed by atoms with Crippen molar-refractivity contribution in [1.82, 2.24) is 19.8 Å². The summed E-state index contributed by atoms with van der Waals surface area (Å²) in [7, 11) is 0. The van der Waals surface area contributed by atoms with Gasteiger partial charge in [0.2, 0.25) is 5.91 Å². The van der Waals surface area contributed by atoms with Gasteiger partial charge in [0.15, 0.2) is 18.2 Å². The summed E-state index contributed by atoms with van der Waals surface area (Å²) in [5.41, 5.74) is 16.6. The van der Waals surface area contributed by atoms with Crippen LogP contribution in [0.2, 0.25) is 10.0 Å². The molecule has 244 valence electrons. The van der Waals surface area contributed by atoms with Crippen LogP contribution in [0.25, 0.3) is 0 Å². The highest BCUT2D eigenvalue weighted by atomic mass is 35.5. The molecule has 3 rings (SSSR count). The first kappa shape index (κ1) is 41.1. The molecule has 1 aliphatic heterocycles. The zero-order valence-corrected chi connectivity index (χ0v) is 27.8. The fourth-order valence-corrected chi connectivity index (χ4v) is 4.82. The lowest BCUT2D eigenvalue weighted by atomic mass is 10.1. The van der Waals surface area contributed by atoms with Crippen molar-refractivity contribution in [2.45, 2.75) is 30.9 Å². The number of urea groups is 1. The van der Waals surface area contributed by atoms with E-state index in [1.807, 2.05) is 0 Å². The van der Waals surface area contributed by atoms with Gasteiger partial charge in [0.1, 0.15) is 6.54 Å². The van der Waals surface area contributed by atoms with Crippen LogP contribution >= 0.6 is 72.4 Å². The molecule has 2 atom stereocenters. The molecule has 2 aromatic rings. The molecular formula is C25H33Cl5N8O5S. The maximum absolute atomic E-state index is 13.2. The largest absolute Gasteiger partial charge is 0.443 e. The number of halogens is 5. The Hall–Kier alpha value is -2.85. The predicted octanol–water partition coefficient (Wildman–Crippen LogP) is 2.86. The summed E-state index contributed by atoms with van der Waals surface area (Å²) in [5.74, 6) is -1.87. The van der Waals surface area contributed by atoms with Crippen molar-refractivity contribution in [1.29, 1.82) is 0 Å². The van der Waals surface area contributed by atoms with Gasteiger partial charge in [-0.25, -0.2) is 4.79 Å². The SMILES string of the molecule is Cl.Cl.Cl.NC(N)=NCCC[C@H](N)C(=O)NCC(=O)OCN1C(=O)N(Cc2ccc(Cl)cc2)SC1NC(=O)c1ccc(Cl)cc1. The zero-order chi connectivity index (χ0) is 29.9. The second-order valence-electron chi connectivity index (χ2n) is 8.77. The number of hydrogen-bond acceptors (Lipinski definition) is 8. The quantitative estimate of drug-likeness (QED) is 0.0676. The summed E-state index contributed by atoms with van der Waals surface area (Å²) in [5, 5.41) is 6.18. The fraction of sp³-hybridized carbons (Fsp3) is 0.320. The van der Waals surface area contributed by atoms with Crippen molar-refractivity contribution in [3.63, 3.8) is 0 Å². The molecule has 1 aliphatic rings. The number of nitrogens with one attached hydrogen (secondary N) is 2. The van der Waals surface area contributed by atoms with Crippen molar-refractivity contribution in [3.05, 3.63) is 69.7 Å². The summed E-state index contributed by atoms with van der Waals surface area (Å²) in [4.78, 5) is 55.6. The van der Waals surface area contributed by atoms with Gasteiger partial charge >= 0.3 is 12.0 Å². The topological polar surface area (TPSA) is 198 Å². The van der Waals surface area contributed by atoms with E-state index in [9.17, 15) is 19.2 Å². The summed E-state index contributed by atoms with van der Waals surface area (Å²) >= 11 is 12.9. The highest BCUT2D eigenvalue weighted by molar-refractivity contribution is 7.98. The minimum atomic E-state index is -0.890. The molecule has 19 heteroatoms. The highest BCUT2D eigenvalue weighted by Crippen LogP contribution is 2.31. The molecular weight excluding hydrogens is 702 g/mol. The molecule has 8 N–H and O–H groups in total. The number of amides is 4. The third kappa shape index (κ3) is 13.0. The predicted molar refractivity (Wildman–Crippen MR) is 178 cm³/mol. The number of guanidine groups is 1. The Balaban J connectivity index is 0.00000616. The van der Waals surface area contributed by atoms with Crippen LogP contribution < -0.4 is 27.8 Å². The highest BCUT2D eigenvalue weighted by Gasteiger charge is 2.40. The second kappa shape index (κ2) is 20.2. The fourth-order valence-electron chi connectivity index (χ4n) is 3.48. The Labute approximate surface area is 287 Å². The number of hydrogen-bond donors (Lipinski definition) is 5. The molecule has 2 aromatic carbocycles. The first-order chi connectivity index (χ1) is 19.5. The van der Waals surface area contributed by atoms with Crippen LogP contribution in [0.5, 0.6) is 0 Å². The number of nitrogens with zero attached hydrogens (tertiary/aromatic N) is 3. The molecule has 0 aromatic heterocycles. The Morgan fingerprint density at radius 2 is 1.59 bits per heavy atom. The molecule has 0 saturated carbocycles. The van der Waals surface area contributed by atoms with Crippen molar-refractivity contribution in [2.75, 3.05) is 19.8 Å². The Morgan fingerprint density at radius 3 is 2.18 bits per heavy atom. The van der Waals surface area contributed by atoms with E-state index in [1.165, 1.54) is 9.21 Å². The van der Waals surface area contributed by atoms with Gasteiger partial charge in [-0.05, 0) is 54.8 Å². The average molecular weight is 735 g/mol. The normalized spacial score (nSPS) is 14.2. The third-order valence-corrected chi connectivity index (χ3v) is 7.26. The molecule has 1 fully saturated rings. The van der Waals surface area contributed by atoms with Gasteiger partial charge in [0.25, 0.3) is 5.91 Å². The maximum atomic E-state index is 13.2. The molecule has 0 spiro atoms. The summed E-state index contributed by atoms with van der Waals surface area (Å²) in [6.45, 7) is -0.423. The van der Waals surface area contributed by atoms with Gasteiger partial charge in [-0.2, -0.15) is 0 Å². The Kier molecular flexibility index (Phi) is 18.9. The van der Waals surface area contributed by atoms with Crippen molar-refractivity contribution in [2.24, 2.45) is 22.2 Å². The lowest BCUT2D eigenvalue weighted by Gasteiger charge is -2.22. The maximum Gasteiger partial charge on any atom is 0.335 e. The van der Waals surface area contributed by atoms with Crippen molar-refractivity contribution >= 4 is 102 Å². The van der Waals surface area contributed by atoms with E-state index in [1.54, 1.807) is 48.5 Å². The lowest BCUT2D eigenvalue weighted by Crippen LogP contribution is -2.47. The van der Waals surface area contributed by atoms with Crippen LogP contribution in [0.3, 0.4) is 0 Å². The summed E-state index contributed by atoms with van der Waals surface area (Å²) in [6.07, 6.45) is 0.775. The minimum absolute atomic E-state index is 0. The van der Waals surface area contributed by atoms with Crippen LogP contribution in [0.1, 0.15) is 28.8 Å². The van der Waals surface area contributed by atoms with Crippen LogP contribution in [0.4, 0.5) is 4.79 Å².